The summed E-state index contributed by atoms with van der Waals surface area (Å²) in [4.78, 5) is 0. The monoisotopic (exact) mass is 306 g/mol. The summed E-state index contributed by atoms with van der Waals surface area (Å²) in [7, 11) is 1.64. The molecule has 21 heavy (non-hydrogen) atoms. The number of ether oxygens (including phenoxy) is 2. The summed E-state index contributed by atoms with van der Waals surface area (Å²) in [5.74, 6) is 0.646. The van der Waals surface area contributed by atoms with Gasteiger partial charge in [0.05, 0.1) is 12.8 Å². The highest BCUT2D eigenvalue weighted by Crippen LogP contribution is 2.10. The first kappa shape index (κ1) is 16.9. The molecule has 1 aromatic carbocycles. The van der Waals surface area contributed by atoms with Gasteiger partial charge < -0.3 is 14.8 Å². The molecule has 112 valence electrons. The second-order valence-electron chi connectivity index (χ2n) is 4.22. The number of nitriles is 1. The molecule has 0 fully saturated rings. The van der Waals surface area contributed by atoms with Gasteiger partial charge in [0.2, 0.25) is 0 Å². The Hall–Kier alpha value is -2.17. The van der Waals surface area contributed by atoms with Gasteiger partial charge in [0.25, 0.3) is 0 Å². The quantitative estimate of drug-likeness (QED) is 0.451. The SMILES string of the molecule is COC[C@@H](C)NC(=S)N/N=C\c1ccc(OCC#N)cc1. The van der Waals surface area contributed by atoms with Crippen LogP contribution in [0, 0.1) is 11.3 Å². The molecule has 2 N–H and O–H groups in total. The van der Waals surface area contributed by atoms with Crippen LogP contribution in [-0.4, -0.2) is 37.7 Å². The number of hydrazone groups is 1. The Bertz CT molecular complexity index is 511. The molecule has 0 bridgehead atoms. The maximum absolute atomic E-state index is 8.42. The first-order chi connectivity index (χ1) is 10.2. The van der Waals surface area contributed by atoms with Crippen molar-refractivity contribution >= 4 is 23.5 Å². The smallest absolute Gasteiger partial charge is 0.187 e. The lowest BCUT2D eigenvalue weighted by molar-refractivity contribution is 0.179. The van der Waals surface area contributed by atoms with E-state index in [-0.39, 0.29) is 12.6 Å². The van der Waals surface area contributed by atoms with E-state index in [1.54, 1.807) is 25.5 Å². The van der Waals surface area contributed by atoms with Crippen LogP contribution < -0.4 is 15.5 Å². The summed E-state index contributed by atoms with van der Waals surface area (Å²) in [6, 6.07) is 9.24. The minimum Gasteiger partial charge on any atom is -0.479 e. The number of nitrogens with one attached hydrogen (secondary N) is 2. The van der Waals surface area contributed by atoms with Crippen LogP contribution in [0.5, 0.6) is 5.75 Å². The van der Waals surface area contributed by atoms with Gasteiger partial charge in [-0.05, 0) is 49.0 Å². The average Bonchev–Trinajstić information content (AvgIpc) is 2.46. The van der Waals surface area contributed by atoms with Gasteiger partial charge in [-0.3, -0.25) is 5.43 Å². The zero-order chi connectivity index (χ0) is 15.5. The molecule has 0 aliphatic carbocycles. The van der Waals surface area contributed by atoms with Crippen LogP contribution in [0.4, 0.5) is 0 Å². The lowest BCUT2D eigenvalue weighted by Crippen LogP contribution is -2.40. The Morgan fingerprint density at radius 2 is 2.19 bits per heavy atom. The van der Waals surface area contributed by atoms with Gasteiger partial charge in [-0.25, -0.2) is 0 Å². The molecule has 1 aromatic rings. The number of methoxy groups -OCH3 is 1. The fourth-order valence-corrected chi connectivity index (χ4v) is 1.73. The third-order valence-corrected chi connectivity index (χ3v) is 2.57. The average molecular weight is 306 g/mol. The maximum atomic E-state index is 8.42. The topological polar surface area (TPSA) is 78.7 Å². The molecule has 1 rings (SSSR count). The standard InChI is InChI=1S/C14H18N4O2S/c1-11(10-19-2)17-14(21)18-16-9-12-3-5-13(6-4-12)20-8-7-15/h3-6,9,11H,8,10H2,1-2H3,(H2,17,18,21)/b16-9-/t11-/m1/s1. The Balaban J connectivity index is 2.39. The molecule has 1 atom stereocenters. The van der Waals surface area contributed by atoms with Crippen molar-refractivity contribution in [2.24, 2.45) is 5.10 Å². The van der Waals surface area contributed by atoms with Crippen molar-refractivity contribution in [2.45, 2.75) is 13.0 Å². The zero-order valence-corrected chi connectivity index (χ0v) is 12.8. The highest BCUT2D eigenvalue weighted by atomic mass is 32.1. The van der Waals surface area contributed by atoms with E-state index >= 15 is 0 Å². The summed E-state index contributed by atoms with van der Waals surface area (Å²) in [5, 5.41) is 15.9. The molecule has 0 unspecified atom stereocenters. The normalized spacial score (nSPS) is 11.7. The summed E-state index contributed by atoms with van der Waals surface area (Å²) in [6.45, 7) is 2.56. The third-order valence-electron chi connectivity index (χ3n) is 2.36. The van der Waals surface area contributed by atoms with E-state index in [2.05, 4.69) is 15.8 Å². The van der Waals surface area contributed by atoms with Gasteiger partial charge in [-0.15, -0.1) is 0 Å². The van der Waals surface area contributed by atoms with Gasteiger partial charge in [0, 0.05) is 13.2 Å². The number of rotatable bonds is 7. The van der Waals surface area contributed by atoms with Crippen molar-refractivity contribution in [3.05, 3.63) is 29.8 Å². The summed E-state index contributed by atoms with van der Waals surface area (Å²) in [5.41, 5.74) is 3.62. The van der Waals surface area contributed by atoms with Crippen molar-refractivity contribution in [1.29, 1.82) is 5.26 Å². The van der Waals surface area contributed by atoms with Crippen LogP contribution in [0.25, 0.3) is 0 Å². The predicted octanol–water partition coefficient (Wildman–Crippen LogP) is 1.42. The number of thiocarbonyl (C=S) groups is 1. The van der Waals surface area contributed by atoms with Crippen LogP contribution in [0.3, 0.4) is 0 Å². The Morgan fingerprint density at radius 3 is 2.81 bits per heavy atom. The van der Waals surface area contributed by atoms with E-state index in [1.165, 1.54) is 0 Å². The third kappa shape index (κ3) is 7.25. The fourth-order valence-electron chi connectivity index (χ4n) is 1.48. The lowest BCUT2D eigenvalue weighted by atomic mass is 10.2. The Morgan fingerprint density at radius 1 is 1.48 bits per heavy atom. The van der Waals surface area contributed by atoms with Crippen molar-refractivity contribution in [3.63, 3.8) is 0 Å². The molecule has 0 radical (unpaired) electrons. The number of nitrogens with zero attached hydrogens (tertiary/aromatic N) is 2. The molecule has 0 saturated heterocycles. The lowest BCUT2D eigenvalue weighted by Gasteiger charge is -2.13. The molecule has 0 spiro atoms. The molecule has 7 heteroatoms. The van der Waals surface area contributed by atoms with E-state index in [1.807, 2.05) is 25.1 Å². The van der Waals surface area contributed by atoms with Gasteiger partial charge in [0.15, 0.2) is 11.7 Å². The summed E-state index contributed by atoms with van der Waals surface area (Å²) >= 11 is 5.09. The minimum atomic E-state index is 0.0363. The zero-order valence-electron chi connectivity index (χ0n) is 12.0. The number of hydrogen-bond acceptors (Lipinski definition) is 5. The first-order valence-corrected chi connectivity index (χ1v) is 6.75. The van der Waals surface area contributed by atoms with Crippen LogP contribution in [0.2, 0.25) is 0 Å². The van der Waals surface area contributed by atoms with E-state index in [0.717, 1.165) is 5.56 Å². The molecule has 0 heterocycles. The Labute approximate surface area is 129 Å². The van der Waals surface area contributed by atoms with Crippen LogP contribution >= 0.6 is 12.2 Å². The van der Waals surface area contributed by atoms with E-state index in [4.69, 9.17) is 27.0 Å². The van der Waals surface area contributed by atoms with Crippen molar-refractivity contribution in [3.8, 4) is 11.8 Å². The van der Waals surface area contributed by atoms with Crippen LogP contribution in [0.15, 0.2) is 29.4 Å². The largest absolute Gasteiger partial charge is 0.479 e. The number of benzene rings is 1. The Kier molecular flexibility index (Phi) is 7.79. The maximum Gasteiger partial charge on any atom is 0.187 e. The van der Waals surface area contributed by atoms with E-state index in [0.29, 0.717) is 17.5 Å². The molecule has 0 saturated carbocycles. The molecule has 0 aromatic heterocycles. The first-order valence-electron chi connectivity index (χ1n) is 6.34. The van der Waals surface area contributed by atoms with Gasteiger partial charge in [-0.1, -0.05) is 0 Å². The number of hydrogen-bond donors (Lipinski definition) is 2. The van der Waals surface area contributed by atoms with Crippen molar-refractivity contribution < 1.29 is 9.47 Å². The van der Waals surface area contributed by atoms with Crippen molar-refractivity contribution in [2.75, 3.05) is 20.3 Å². The molecule has 6 nitrogen and oxygen atoms in total. The summed E-state index contributed by atoms with van der Waals surface area (Å²) in [6.07, 6.45) is 1.64. The van der Waals surface area contributed by atoms with Crippen LogP contribution in [0.1, 0.15) is 12.5 Å². The highest BCUT2D eigenvalue weighted by molar-refractivity contribution is 7.80. The predicted molar refractivity (Wildman–Crippen MR) is 85.4 cm³/mol. The molecule has 0 aliphatic heterocycles. The molecular formula is C14H18N4O2S. The van der Waals surface area contributed by atoms with Crippen LogP contribution in [-0.2, 0) is 4.74 Å². The summed E-state index contributed by atoms with van der Waals surface area (Å²) < 4.78 is 10.2. The van der Waals surface area contributed by atoms with Gasteiger partial charge in [0.1, 0.15) is 11.8 Å². The second-order valence-corrected chi connectivity index (χ2v) is 4.62. The van der Waals surface area contributed by atoms with Crippen molar-refractivity contribution in [1.82, 2.24) is 10.7 Å². The molecule has 0 amide bonds. The van der Waals surface area contributed by atoms with Gasteiger partial charge >= 0.3 is 0 Å². The molecular weight excluding hydrogens is 288 g/mol. The minimum absolute atomic E-state index is 0.0363. The van der Waals surface area contributed by atoms with E-state index < -0.39 is 0 Å². The van der Waals surface area contributed by atoms with E-state index in [9.17, 15) is 0 Å². The highest BCUT2D eigenvalue weighted by Gasteiger charge is 2.01. The fraction of sp³-hybridized carbons (Fsp3) is 0.357. The van der Waals surface area contributed by atoms with Gasteiger partial charge in [-0.2, -0.15) is 10.4 Å². The molecule has 0 aliphatic rings. The second kappa shape index (κ2) is 9.69.